The number of hydrogen-bond donors (Lipinski definition) is 1. The van der Waals surface area contributed by atoms with Crippen molar-refractivity contribution >= 4 is 28.3 Å². The van der Waals surface area contributed by atoms with E-state index in [-0.39, 0.29) is 5.56 Å². The van der Waals surface area contributed by atoms with E-state index in [1.165, 1.54) is 5.56 Å². The minimum absolute atomic E-state index is 0.233. The summed E-state index contributed by atoms with van der Waals surface area (Å²) in [5.74, 6) is -0.961. The Morgan fingerprint density at radius 3 is 2.95 bits per heavy atom. The predicted molar refractivity (Wildman–Crippen MR) is 72.6 cm³/mol. The van der Waals surface area contributed by atoms with E-state index in [1.54, 1.807) is 34.2 Å². The molecule has 0 atom stereocenters. The van der Waals surface area contributed by atoms with Crippen LogP contribution in [0.3, 0.4) is 0 Å². The van der Waals surface area contributed by atoms with Crippen LogP contribution in [0.4, 0.5) is 0 Å². The van der Waals surface area contributed by atoms with Crippen LogP contribution in [-0.4, -0.2) is 26.1 Å². The number of fused-ring (bicyclic) bond motifs is 1. The maximum atomic E-state index is 11.3. The topological polar surface area (TPSA) is 68.0 Å². The Morgan fingerprint density at radius 1 is 1.42 bits per heavy atom. The normalized spacial score (nSPS) is 11.0. The van der Waals surface area contributed by atoms with E-state index in [2.05, 4.69) is 10.3 Å². The molecule has 1 N–H and O–H groups in total. The maximum Gasteiger partial charge on any atom is 0.337 e. The highest BCUT2D eigenvalue weighted by atomic mass is 32.1. The number of hydrogen-bond acceptors (Lipinski definition) is 4. The lowest BCUT2D eigenvalue weighted by Gasteiger charge is -2.04. The summed E-state index contributed by atoms with van der Waals surface area (Å²) in [6.45, 7) is 2.58. The van der Waals surface area contributed by atoms with Crippen LogP contribution < -0.4 is 0 Å². The van der Waals surface area contributed by atoms with E-state index in [9.17, 15) is 9.90 Å². The number of carboxylic acid groups (broad SMARTS) is 1. The van der Waals surface area contributed by atoms with Crippen LogP contribution in [0.15, 0.2) is 29.6 Å². The van der Waals surface area contributed by atoms with E-state index >= 15 is 0 Å². The molecule has 6 heteroatoms. The van der Waals surface area contributed by atoms with Crippen molar-refractivity contribution in [1.29, 1.82) is 0 Å². The number of aromatic nitrogens is 3. The van der Waals surface area contributed by atoms with E-state index in [1.807, 2.05) is 18.4 Å². The van der Waals surface area contributed by atoms with Crippen molar-refractivity contribution in [2.24, 2.45) is 0 Å². The molecule has 5 nitrogen and oxygen atoms in total. The van der Waals surface area contributed by atoms with Gasteiger partial charge in [-0.05, 0) is 36.1 Å². The number of para-hydroxylation sites is 1. The minimum atomic E-state index is -0.961. The van der Waals surface area contributed by atoms with Gasteiger partial charge in [-0.3, -0.25) is 0 Å². The van der Waals surface area contributed by atoms with E-state index < -0.39 is 5.97 Å². The fourth-order valence-electron chi connectivity index (χ4n) is 2.02. The van der Waals surface area contributed by atoms with Crippen LogP contribution in [0.1, 0.15) is 20.8 Å². The summed E-state index contributed by atoms with van der Waals surface area (Å²) < 4.78 is 1.65. The molecule has 2 aromatic heterocycles. The van der Waals surface area contributed by atoms with Gasteiger partial charge in [-0.2, -0.15) is 0 Å². The van der Waals surface area contributed by atoms with Gasteiger partial charge in [0.1, 0.15) is 11.0 Å². The second-order valence-electron chi connectivity index (χ2n) is 4.25. The highest BCUT2D eigenvalue weighted by molar-refractivity contribution is 7.10. The summed E-state index contributed by atoms with van der Waals surface area (Å²) in [4.78, 5) is 12.4. The van der Waals surface area contributed by atoms with Gasteiger partial charge in [0.05, 0.1) is 12.1 Å². The zero-order chi connectivity index (χ0) is 13.4. The van der Waals surface area contributed by atoms with Gasteiger partial charge in [0.2, 0.25) is 0 Å². The van der Waals surface area contributed by atoms with Crippen molar-refractivity contribution in [3.05, 3.63) is 45.6 Å². The lowest BCUT2D eigenvalue weighted by Crippen LogP contribution is -2.06. The third-order valence-corrected chi connectivity index (χ3v) is 4.03. The summed E-state index contributed by atoms with van der Waals surface area (Å²) >= 11 is 1.63. The molecule has 0 saturated carbocycles. The predicted octanol–water partition coefficient (Wildman–Crippen LogP) is 2.55. The summed E-state index contributed by atoms with van der Waals surface area (Å²) in [5, 5.41) is 19.3. The molecule has 0 aliphatic rings. The Bertz CT molecular complexity index is 760. The van der Waals surface area contributed by atoms with Gasteiger partial charge in [-0.1, -0.05) is 11.3 Å². The number of rotatable bonds is 3. The molecular weight excluding hydrogens is 262 g/mol. The van der Waals surface area contributed by atoms with Gasteiger partial charge in [0, 0.05) is 4.88 Å². The van der Waals surface area contributed by atoms with Gasteiger partial charge >= 0.3 is 5.97 Å². The highest BCUT2D eigenvalue weighted by Crippen LogP contribution is 2.21. The van der Waals surface area contributed by atoms with E-state index in [0.717, 1.165) is 4.88 Å². The summed E-state index contributed by atoms with van der Waals surface area (Å²) in [7, 11) is 0. The molecule has 96 valence electrons. The van der Waals surface area contributed by atoms with Crippen LogP contribution in [-0.2, 0) is 6.54 Å². The molecule has 3 rings (SSSR count). The number of aromatic carboxylic acids is 1. The summed E-state index contributed by atoms with van der Waals surface area (Å²) in [5.41, 5.74) is 2.59. The quantitative estimate of drug-likeness (QED) is 0.796. The fourth-order valence-corrected chi connectivity index (χ4v) is 2.90. The number of aryl methyl sites for hydroxylation is 1. The Kier molecular flexibility index (Phi) is 2.79. The van der Waals surface area contributed by atoms with Crippen LogP contribution in [0, 0.1) is 6.92 Å². The number of nitrogens with zero attached hydrogens (tertiary/aromatic N) is 3. The summed E-state index contributed by atoms with van der Waals surface area (Å²) in [6.07, 6.45) is 0. The molecule has 0 amide bonds. The van der Waals surface area contributed by atoms with E-state index in [4.69, 9.17) is 0 Å². The largest absolute Gasteiger partial charge is 0.478 e. The molecule has 0 fully saturated rings. The number of thiophene rings is 1. The number of carboxylic acids is 1. The molecule has 0 unspecified atom stereocenters. The highest BCUT2D eigenvalue weighted by Gasteiger charge is 2.15. The van der Waals surface area contributed by atoms with Gasteiger partial charge in [0.25, 0.3) is 0 Å². The maximum absolute atomic E-state index is 11.3. The van der Waals surface area contributed by atoms with Crippen LogP contribution in [0.25, 0.3) is 11.0 Å². The van der Waals surface area contributed by atoms with Crippen molar-refractivity contribution in [3.63, 3.8) is 0 Å². The Labute approximate surface area is 113 Å². The molecule has 3 aromatic rings. The first-order chi connectivity index (χ1) is 9.16. The van der Waals surface area contributed by atoms with Crippen molar-refractivity contribution in [2.45, 2.75) is 13.5 Å². The standard InChI is InChI=1S/C13H11N3O2S/c1-8-5-6-19-11(8)7-16-12-9(13(17)18)3-2-4-10(12)14-15-16/h2-6H,7H2,1H3,(H,17,18). The summed E-state index contributed by atoms with van der Waals surface area (Å²) in [6, 6.07) is 7.07. The molecule has 0 aliphatic carbocycles. The number of benzene rings is 1. The average molecular weight is 273 g/mol. The lowest BCUT2D eigenvalue weighted by atomic mass is 10.2. The second kappa shape index (κ2) is 4.47. The van der Waals surface area contributed by atoms with Gasteiger partial charge < -0.3 is 5.11 Å². The third-order valence-electron chi connectivity index (χ3n) is 3.03. The zero-order valence-electron chi connectivity index (χ0n) is 10.2. The van der Waals surface area contributed by atoms with Gasteiger partial charge in [-0.25, -0.2) is 9.48 Å². The minimum Gasteiger partial charge on any atom is -0.478 e. The third kappa shape index (κ3) is 2.00. The monoisotopic (exact) mass is 273 g/mol. The van der Waals surface area contributed by atoms with Crippen molar-refractivity contribution < 1.29 is 9.90 Å². The van der Waals surface area contributed by atoms with Crippen molar-refractivity contribution in [2.75, 3.05) is 0 Å². The van der Waals surface area contributed by atoms with Crippen LogP contribution in [0.5, 0.6) is 0 Å². The first-order valence-electron chi connectivity index (χ1n) is 5.75. The Balaban J connectivity index is 2.14. The lowest BCUT2D eigenvalue weighted by molar-refractivity contribution is 0.0698. The van der Waals surface area contributed by atoms with Crippen molar-refractivity contribution in [3.8, 4) is 0 Å². The molecule has 0 aliphatic heterocycles. The second-order valence-corrected chi connectivity index (χ2v) is 5.25. The van der Waals surface area contributed by atoms with Crippen LogP contribution in [0.2, 0.25) is 0 Å². The SMILES string of the molecule is Cc1ccsc1Cn1nnc2cccc(C(=O)O)c21. The molecule has 0 bridgehead atoms. The van der Waals surface area contributed by atoms with Crippen LogP contribution >= 0.6 is 11.3 Å². The Hall–Kier alpha value is -2.21. The van der Waals surface area contributed by atoms with Gasteiger partial charge in [-0.15, -0.1) is 16.4 Å². The fraction of sp³-hybridized carbons (Fsp3) is 0.154. The van der Waals surface area contributed by atoms with Crippen molar-refractivity contribution in [1.82, 2.24) is 15.0 Å². The van der Waals surface area contributed by atoms with E-state index in [0.29, 0.717) is 17.6 Å². The van der Waals surface area contributed by atoms with Gasteiger partial charge in [0.15, 0.2) is 0 Å². The first kappa shape index (κ1) is 11.9. The number of carbonyl (C=O) groups is 1. The molecular formula is C13H11N3O2S. The Morgan fingerprint density at radius 2 is 2.26 bits per heavy atom. The molecule has 0 spiro atoms. The molecule has 2 heterocycles. The first-order valence-corrected chi connectivity index (χ1v) is 6.63. The molecule has 0 saturated heterocycles. The molecule has 19 heavy (non-hydrogen) atoms. The molecule has 0 radical (unpaired) electrons. The average Bonchev–Trinajstić information content (AvgIpc) is 2.97. The smallest absolute Gasteiger partial charge is 0.337 e. The molecule has 1 aromatic carbocycles. The zero-order valence-corrected chi connectivity index (χ0v) is 11.0.